The molecule has 1 heterocycles. The minimum Gasteiger partial charge on any atom is -0.306 e. The maximum Gasteiger partial charge on any atom is 0.258 e. The molecule has 0 atom stereocenters. The largest absolute Gasteiger partial charge is 0.306 e. The highest BCUT2D eigenvalue weighted by Gasteiger charge is 2.14. The summed E-state index contributed by atoms with van der Waals surface area (Å²) in [6, 6.07) is 7.93. The number of nitrogens with one attached hydrogen (secondary N) is 1. The monoisotopic (exact) mass is 308 g/mol. The van der Waals surface area contributed by atoms with Crippen LogP contribution in [0.4, 0.5) is 10.2 Å². The van der Waals surface area contributed by atoms with Gasteiger partial charge in [0.15, 0.2) is 0 Å². The molecule has 5 heteroatoms. The molecule has 1 aromatic carbocycles. The van der Waals surface area contributed by atoms with Crippen LogP contribution >= 0.6 is 15.9 Å². The second-order valence-electron chi connectivity index (χ2n) is 3.72. The quantitative estimate of drug-likeness (QED) is 0.922. The first-order valence-corrected chi connectivity index (χ1v) is 6.06. The summed E-state index contributed by atoms with van der Waals surface area (Å²) >= 11 is 3.06. The van der Waals surface area contributed by atoms with Gasteiger partial charge in [-0.15, -0.1) is 0 Å². The third-order valence-corrected chi connectivity index (χ3v) is 3.24. The maximum atomic E-state index is 13.3. The molecular weight excluding hydrogens is 299 g/mol. The summed E-state index contributed by atoms with van der Waals surface area (Å²) in [5.74, 6) is -0.401. The molecule has 0 saturated carbocycles. The molecule has 0 aliphatic heterocycles. The minimum absolute atomic E-state index is 0.149. The van der Waals surface area contributed by atoms with Crippen molar-refractivity contribution in [1.82, 2.24) is 4.98 Å². The average Bonchev–Trinajstić information content (AvgIpc) is 2.35. The first kappa shape index (κ1) is 12.7. The fourth-order valence-electron chi connectivity index (χ4n) is 1.47. The van der Waals surface area contributed by atoms with Crippen molar-refractivity contribution in [1.29, 1.82) is 0 Å². The molecule has 1 aromatic heterocycles. The Balaban J connectivity index is 2.28. The zero-order valence-electron chi connectivity index (χ0n) is 9.58. The van der Waals surface area contributed by atoms with Gasteiger partial charge in [0, 0.05) is 6.20 Å². The molecule has 3 nitrogen and oxygen atoms in total. The van der Waals surface area contributed by atoms with Crippen molar-refractivity contribution >= 4 is 27.7 Å². The fourth-order valence-corrected chi connectivity index (χ4v) is 1.91. The second kappa shape index (κ2) is 5.27. The molecule has 0 aliphatic carbocycles. The summed E-state index contributed by atoms with van der Waals surface area (Å²) in [5, 5.41) is 2.65. The van der Waals surface area contributed by atoms with Crippen molar-refractivity contribution < 1.29 is 9.18 Å². The summed E-state index contributed by atoms with van der Waals surface area (Å²) in [6.45, 7) is 1.84. The smallest absolute Gasteiger partial charge is 0.258 e. The molecule has 2 rings (SSSR count). The van der Waals surface area contributed by atoms with Crippen LogP contribution in [0.5, 0.6) is 0 Å². The van der Waals surface area contributed by atoms with Crippen molar-refractivity contribution in [3.8, 4) is 0 Å². The Kier molecular flexibility index (Phi) is 3.72. The maximum absolute atomic E-state index is 13.3. The number of hydrogen-bond acceptors (Lipinski definition) is 2. The summed E-state index contributed by atoms with van der Waals surface area (Å²) in [5.41, 5.74) is 1.08. The number of hydrogen-bond donors (Lipinski definition) is 1. The third kappa shape index (κ3) is 2.56. The lowest BCUT2D eigenvalue weighted by molar-refractivity contribution is 0.102. The number of rotatable bonds is 2. The summed E-state index contributed by atoms with van der Waals surface area (Å²) in [4.78, 5) is 16.0. The minimum atomic E-state index is -0.472. The number of anilines is 1. The molecule has 1 amide bonds. The molecule has 0 fully saturated rings. The predicted molar refractivity (Wildman–Crippen MR) is 71.0 cm³/mol. The molecule has 0 spiro atoms. The van der Waals surface area contributed by atoms with E-state index in [1.807, 2.05) is 13.0 Å². The first-order chi connectivity index (χ1) is 8.59. The SMILES string of the molecule is Cc1cccnc1NC(=O)c1cccc(F)c1Br. The Hall–Kier alpha value is -1.75. The molecule has 18 heavy (non-hydrogen) atoms. The van der Waals surface area contributed by atoms with E-state index in [0.29, 0.717) is 5.82 Å². The summed E-state index contributed by atoms with van der Waals surface area (Å²) < 4.78 is 13.5. The van der Waals surface area contributed by atoms with Crippen molar-refractivity contribution in [3.05, 3.63) is 57.9 Å². The van der Waals surface area contributed by atoms with Crippen LogP contribution in [0.15, 0.2) is 41.0 Å². The standard InChI is InChI=1S/C13H10BrFN2O/c1-8-4-3-7-16-12(8)17-13(18)9-5-2-6-10(15)11(9)14/h2-7H,1H3,(H,16,17,18). The van der Waals surface area contributed by atoms with Crippen molar-refractivity contribution in [2.75, 3.05) is 5.32 Å². The van der Waals surface area contributed by atoms with Gasteiger partial charge in [0.2, 0.25) is 0 Å². The molecular formula is C13H10BrFN2O. The summed E-state index contributed by atoms with van der Waals surface area (Å²) in [6.07, 6.45) is 1.59. The second-order valence-corrected chi connectivity index (χ2v) is 4.52. The number of halogens is 2. The number of nitrogens with zero attached hydrogens (tertiary/aromatic N) is 1. The van der Waals surface area contributed by atoms with Gasteiger partial charge in [-0.3, -0.25) is 4.79 Å². The van der Waals surface area contributed by atoms with Crippen LogP contribution in [0.25, 0.3) is 0 Å². The average molecular weight is 309 g/mol. The van der Waals surface area contributed by atoms with Gasteiger partial charge in [-0.25, -0.2) is 9.37 Å². The number of benzene rings is 1. The molecule has 0 radical (unpaired) electrons. The number of carbonyl (C=O) groups is 1. The van der Waals surface area contributed by atoms with E-state index >= 15 is 0 Å². The molecule has 0 unspecified atom stereocenters. The lowest BCUT2D eigenvalue weighted by Crippen LogP contribution is -2.14. The normalized spacial score (nSPS) is 10.2. The van der Waals surface area contributed by atoms with E-state index in [0.717, 1.165) is 5.56 Å². The lowest BCUT2D eigenvalue weighted by Gasteiger charge is -2.08. The van der Waals surface area contributed by atoms with E-state index in [1.165, 1.54) is 12.1 Å². The van der Waals surface area contributed by atoms with E-state index in [1.54, 1.807) is 18.3 Å². The number of aromatic nitrogens is 1. The van der Waals surface area contributed by atoms with E-state index in [9.17, 15) is 9.18 Å². The van der Waals surface area contributed by atoms with Gasteiger partial charge in [0.1, 0.15) is 11.6 Å². The zero-order chi connectivity index (χ0) is 13.1. The highest BCUT2D eigenvalue weighted by Crippen LogP contribution is 2.21. The lowest BCUT2D eigenvalue weighted by atomic mass is 10.2. The highest BCUT2D eigenvalue weighted by molar-refractivity contribution is 9.10. The number of amides is 1. The van der Waals surface area contributed by atoms with Gasteiger partial charge in [-0.1, -0.05) is 12.1 Å². The van der Waals surface area contributed by atoms with Crippen LogP contribution in [0.3, 0.4) is 0 Å². The first-order valence-electron chi connectivity index (χ1n) is 5.26. The van der Waals surface area contributed by atoms with Crippen LogP contribution in [-0.2, 0) is 0 Å². The Morgan fingerprint density at radius 3 is 2.83 bits per heavy atom. The molecule has 0 bridgehead atoms. The molecule has 1 N–H and O–H groups in total. The van der Waals surface area contributed by atoms with Crippen molar-refractivity contribution in [3.63, 3.8) is 0 Å². The van der Waals surface area contributed by atoms with Gasteiger partial charge in [-0.2, -0.15) is 0 Å². The Morgan fingerprint density at radius 1 is 1.33 bits per heavy atom. The summed E-state index contributed by atoms with van der Waals surface area (Å²) in [7, 11) is 0. The molecule has 92 valence electrons. The van der Waals surface area contributed by atoms with Crippen LogP contribution in [0.1, 0.15) is 15.9 Å². The van der Waals surface area contributed by atoms with Crippen molar-refractivity contribution in [2.45, 2.75) is 6.92 Å². The van der Waals surface area contributed by atoms with Gasteiger partial charge in [-0.05, 0) is 46.6 Å². The van der Waals surface area contributed by atoms with E-state index < -0.39 is 11.7 Å². The topological polar surface area (TPSA) is 42.0 Å². The number of aryl methyl sites for hydroxylation is 1. The molecule has 0 saturated heterocycles. The Labute approximate surface area is 112 Å². The predicted octanol–water partition coefficient (Wildman–Crippen LogP) is 3.54. The van der Waals surface area contributed by atoms with Gasteiger partial charge < -0.3 is 5.32 Å². The molecule has 2 aromatic rings. The Bertz CT molecular complexity index is 601. The van der Waals surface area contributed by atoms with Crippen LogP contribution in [0, 0.1) is 12.7 Å². The number of carbonyl (C=O) groups excluding carboxylic acids is 1. The zero-order valence-corrected chi connectivity index (χ0v) is 11.2. The fraction of sp³-hybridized carbons (Fsp3) is 0.0769. The van der Waals surface area contributed by atoms with Gasteiger partial charge >= 0.3 is 0 Å². The van der Waals surface area contributed by atoms with Gasteiger partial charge in [0.25, 0.3) is 5.91 Å². The van der Waals surface area contributed by atoms with Crippen LogP contribution in [-0.4, -0.2) is 10.9 Å². The van der Waals surface area contributed by atoms with E-state index in [4.69, 9.17) is 0 Å². The van der Waals surface area contributed by atoms with Crippen LogP contribution < -0.4 is 5.32 Å². The van der Waals surface area contributed by atoms with Crippen molar-refractivity contribution in [2.24, 2.45) is 0 Å². The van der Waals surface area contributed by atoms with Gasteiger partial charge in [0.05, 0.1) is 10.0 Å². The Morgan fingerprint density at radius 2 is 2.11 bits per heavy atom. The highest BCUT2D eigenvalue weighted by atomic mass is 79.9. The van der Waals surface area contributed by atoms with Crippen LogP contribution in [0.2, 0.25) is 0 Å². The number of pyridine rings is 1. The van der Waals surface area contributed by atoms with E-state index in [-0.39, 0.29) is 10.0 Å². The van der Waals surface area contributed by atoms with E-state index in [2.05, 4.69) is 26.2 Å². The third-order valence-electron chi connectivity index (χ3n) is 2.44. The molecule has 0 aliphatic rings.